The summed E-state index contributed by atoms with van der Waals surface area (Å²) in [5.41, 5.74) is 0. The first-order chi connectivity index (χ1) is 11.7. The van der Waals surface area contributed by atoms with Crippen LogP contribution in [0.25, 0.3) is 0 Å². The van der Waals surface area contributed by atoms with Crippen LogP contribution in [0.15, 0.2) is 17.3 Å². The summed E-state index contributed by atoms with van der Waals surface area (Å²) < 4.78 is 28.4. The molecule has 1 aliphatic heterocycles. The van der Waals surface area contributed by atoms with Gasteiger partial charge in [-0.1, -0.05) is 0 Å². The van der Waals surface area contributed by atoms with E-state index in [4.69, 9.17) is 5.11 Å². The molecule has 25 heavy (non-hydrogen) atoms. The molecule has 2 atom stereocenters. The molecule has 0 aromatic carbocycles. The van der Waals surface area contributed by atoms with Gasteiger partial charge in [-0.05, 0) is 32.6 Å². The maximum atomic E-state index is 12.7. The number of carbonyl (C=O) groups is 2. The van der Waals surface area contributed by atoms with Crippen molar-refractivity contribution in [3.63, 3.8) is 0 Å². The molecule has 1 aromatic heterocycles. The molecular weight excluding hydrogens is 348 g/mol. The van der Waals surface area contributed by atoms with E-state index in [-0.39, 0.29) is 23.3 Å². The van der Waals surface area contributed by atoms with E-state index in [9.17, 15) is 18.0 Å². The highest BCUT2D eigenvalue weighted by molar-refractivity contribution is 7.89. The van der Waals surface area contributed by atoms with E-state index >= 15 is 0 Å². The van der Waals surface area contributed by atoms with E-state index in [1.807, 2.05) is 0 Å². The van der Waals surface area contributed by atoms with Crippen LogP contribution < -0.4 is 4.72 Å². The Morgan fingerprint density at radius 1 is 1.44 bits per heavy atom. The van der Waals surface area contributed by atoms with Gasteiger partial charge in [0.05, 0.1) is 12.2 Å². The minimum Gasteiger partial charge on any atom is -0.481 e. The zero-order valence-corrected chi connectivity index (χ0v) is 15.2. The number of carboxylic acid groups (broad SMARTS) is 1. The van der Waals surface area contributed by atoms with E-state index < -0.39 is 22.0 Å². The Labute approximate surface area is 147 Å². The number of carbonyl (C=O) groups excluding carboxylic acids is 1. The van der Waals surface area contributed by atoms with Gasteiger partial charge in [-0.15, -0.1) is 0 Å². The fourth-order valence-electron chi connectivity index (χ4n) is 3.02. The van der Waals surface area contributed by atoms with Crippen molar-refractivity contribution in [1.29, 1.82) is 0 Å². The number of amides is 1. The average Bonchev–Trinajstić information content (AvgIpc) is 2.99. The zero-order valence-electron chi connectivity index (χ0n) is 14.4. The SMILES string of the molecule is CC(NS(=O)(=O)c1cnn(C)c1)C(=O)N1CCCCC1CCC(=O)O. The van der Waals surface area contributed by atoms with Gasteiger partial charge in [0, 0.05) is 32.3 Å². The van der Waals surface area contributed by atoms with Crippen molar-refractivity contribution >= 4 is 21.9 Å². The van der Waals surface area contributed by atoms with Gasteiger partial charge in [-0.3, -0.25) is 14.3 Å². The van der Waals surface area contributed by atoms with Crippen molar-refractivity contribution in [1.82, 2.24) is 19.4 Å². The summed E-state index contributed by atoms with van der Waals surface area (Å²) >= 11 is 0. The molecule has 0 saturated carbocycles. The number of rotatable bonds is 7. The third-order valence-corrected chi connectivity index (χ3v) is 5.79. The van der Waals surface area contributed by atoms with Crippen LogP contribution in [0, 0.1) is 0 Å². The Balaban J connectivity index is 2.05. The molecule has 9 nitrogen and oxygen atoms in total. The van der Waals surface area contributed by atoms with Crippen LogP contribution in [0.4, 0.5) is 0 Å². The number of piperidine rings is 1. The van der Waals surface area contributed by atoms with E-state index in [2.05, 4.69) is 9.82 Å². The molecule has 2 unspecified atom stereocenters. The Kier molecular flexibility index (Phi) is 6.17. The standard InChI is InChI=1S/C15H24N4O5S/c1-11(17-25(23,24)13-9-16-18(2)10-13)15(22)19-8-4-3-5-12(19)6-7-14(20)21/h9-12,17H,3-8H2,1-2H3,(H,20,21). The second kappa shape index (κ2) is 7.96. The Bertz CT molecular complexity index is 730. The average molecular weight is 372 g/mol. The fourth-order valence-corrected chi connectivity index (χ4v) is 4.20. The van der Waals surface area contributed by atoms with Crippen LogP contribution >= 0.6 is 0 Å². The molecule has 0 radical (unpaired) electrons. The maximum absolute atomic E-state index is 12.7. The molecule has 140 valence electrons. The van der Waals surface area contributed by atoms with Crippen LogP contribution in [0.3, 0.4) is 0 Å². The van der Waals surface area contributed by atoms with Gasteiger partial charge in [-0.25, -0.2) is 8.42 Å². The number of hydrogen-bond donors (Lipinski definition) is 2. The van der Waals surface area contributed by atoms with Gasteiger partial charge in [0.2, 0.25) is 15.9 Å². The molecule has 1 fully saturated rings. The molecule has 0 spiro atoms. The van der Waals surface area contributed by atoms with Gasteiger partial charge in [-0.2, -0.15) is 9.82 Å². The third kappa shape index (κ3) is 5.02. The van der Waals surface area contributed by atoms with E-state index in [1.165, 1.54) is 24.0 Å². The number of likely N-dealkylation sites (tertiary alicyclic amines) is 1. The first-order valence-corrected chi connectivity index (χ1v) is 9.72. The fraction of sp³-hybridized carbons (Fsp3) is 0.667. The summed E-state index contributed by atoms with van der Waals surface area (Å²) in [5, 5.41) is 12.7. The molecule has 2 rings (SSSR count). The van der Waals surface area contributed by atoms with Crippen molar-refractivity contribution in [2.45, 2.75) is 56.0 Å². The highest BCUT2D eigenvalue weighted by Crippen LogP contribution is 2.22. The quantitative estimate of drug-likeness (QED) is 0.711. The van der Waals surface area contributed by atoms with Crippen LogP contribution in [0.2, 0.25) is 0 Å². The second-order valence-electron chi connectivity index (χ2n) is 6.31. The summed E-state index contributed by atoms with van der Waals surface area (Å²) in [5.74, 6) is -1.23. The van der Waals surface area contributed by atoms with Crippen molar-refractivity contribution < 1.29 is 23.1 Å². The van der Waals surface area contributed by atoms with Gasteiger partial charge >= 0.3 is 5.97 Å². The smallest absolute Gasteiger partial charge is 0.303 e. The van der Waals surface area contributed by atoms with Crippen LogP contribution in [0.5, 0.6) is 0 Å². The lowest BCUT2D eigenvalue weighted by atomic mass is 9.97. The maximum Gasteiger partial charge on any atom is 0.303 e. The first-order valence-electron chi connectivity index (χ1n) is 8.24. The first kappa shape index (κ1) is 19.4. The van der Waals surface area contributed by atoms with Gasteiger partial charge < -0.3 is 10.0 Å². The summed E-state index contributed by atoms with van der Waals surface area (Å²) in [6.45, 7) is 2.02. The van der Waals surface area contributed by atoms with E-state index in [1.54, 1.807) is 11.9 Å². The zero-order chi connectivity index (χ0) is 18.6. The summed E-state index contributed by atoms with van der Waals surface area (Å²) in [7, 11) is -2.23. The van der Waals surface area contributed by atoms with Crippen molar-refractivity contribution in [3.05, 3.63) is 12.4 Å². The van der Waals surface area contributed by atoms with Crippen molar-refractivity contribution in [2.24, 2.45) is 7.05 Å². The number of hydrogen-bond acceptors (Lipinski definition) is 5. The molecule has 1 aromatic rings. The van der Waals surface area contributed by atoms with Gasteiger partial charge in [0.25, 0.3) is 0 Å². The number of aryl methyl sites for hydroxylation is 1. The monoisotopic (exact) mass is 372 g/mol. The lowest BCUT2D eigenvalue weighted by molar-refractivity contribution is -0.140. The highest BCUT2D eigenvalue weighted by Gasteiger charge is 2.32. The minimum atomic E-state index is -3.84. The predicted octanol–water partition coefficient (Wildman–Crippen LogP) is 0.333. The molecule has 1 saturated heterocycles. The lowest BCUT2D eigenvalue weighted by Crippen LogP contribution is -2.52. The Morgan fingerprint density at radius 2 is 2.16 bits per heavy atom. The highest BCUT2D eigenvalue weighted by atomic mass is 32.2. The molecule has 1 amide bonds. The largest absolute Gasteiger partial charge is 0.481 e. The molecule has 2 N–H and O–H groups in total. The lowest BCUT2D eigenvalue weighted by Gasteiger charge is -2.37. The summed E-state index contributed by atoms with van der Waals surface area (Å²) in [6.07, 6.45) is 5.45. The van der Waals surface area contributed by atoms with Crippen LogP contribution in [-0.2, 0) is 26.7 Å². The number of nitrogens with zero attached hydrogens (tertiary/aromatic N) is 3. The molecule has 0 bridgehead atoms. The predicted molar refractivity (Wildman–Crippen MR) is 89.2 cm³/mol. The summed E-state index contributed by atoms with van der Waals surface area (Å²) in [6, 6.07) is -1.10. The van der Waals surface area contributed by atoms with E-state index in [0.717, 1.165) is 19.3 Å². The number of sulfonamides is 1. The molecular formula is C15H24N4O5S. The van der Waals surface area contributed by atoms with E-state index in [0.29, 0.717) is 13.0 Å². The van der Waals surface area contributed by atoms with Crippen molar-refractivity contribution in [2.75, 3.05) is 6.54 Å². The van der Waals surface area contributed by atoms with Gasteiger partial charge in [0.15, 0.2) is 0 Å². The topological polar surface area (TPSA) is 122 Å². The number of nitrogens with one attached hydrogen (secondary N) is 1. The molecule has 10 heteroatoms. The molecule has 0 aliphatic carbocycles. The van der Waals surface area contributed by atoms with Crippen LogP contribution in [-0.4, -0.2) is 58.7 Å². The normalized spacial score (nSPS) is 19.6. The molecule has 2 heterocycles. The number of carboxylic acids is 1. The minimum absolute atomic E-state index is 0.00396. The van der Waals surface area contributed by atoms with Gasteiger partial charge in [0.1, 0.15) is 4.90 Å². The Hall–Kier alpha value is -1.94. The molecule has 1 aliphatic rings. The second-order valence-corrected chi connectivity index (χ2v) is 8.02. The van der Waals surface area contributed by atoms with Crippen LogP contribution in [0.1, 0.15) is 39.0 Å². The van der Waals surface area contributed by atoms with Crippen molar-refractivity contribution in [3.8, 4) is 0 Å². The number of aliphatic carboxylic acids is 1. The summed E-state index contributed by atoms with van der Waals surface area (Å²) in [4.78, 5) is 25.1. The number of aromatic nitrogens is 2. The Morgan fingerprint density at radius 3 is 2.76 bits per heavy atom. The third-order valence-electron chi connectivity index (χ3n) is 4.30.